The van der Waals surface area contributed by atoms with Crippen molar-refractivity contribution >= 4 is 17.5 Å². The van der Waals surface area contributed by atoms with E-state index in [9.17, 15) is 9.59 Å². The summed E-state index contributed by atoms with van der Waals surface area (Å²) in [5, 5.41) is 3.25. The van der Waals surface area contributed by atoms with Crippen LogP contribution in [0.3, 0.4) is 0 Å². The number of para-hydroxylation sites is 3. The van der Waals surface area contributed by atoms with E-state index in [-0.39, 0.29) is 34.6 Å². The number of rotatable bonds is 4. The Hall–Kier alpha value is -3.08. The van der Waals surface area contributed by atoms with Crippen LogP contribution >= 0.6 is 0 Å². The van der Waals surface area contributed by atoms with Crippen LogP contribution in [0.1, 0.15) is 52.4 Å². The second-order valence-electron chi connectivity index (χ2n) is 12.2. The number of likely N-dealkylation sites (N-methyl/N-ethyl adjacent to an activating group) is 1. The minimum Gasteiger partial charge on any atom is -0.455 e. The van der Waals surface area contributed by atoms with Gasteiger partial charge in [0.25, 0.3) is 0 Å². The van der Waals surface area contributed by atoms with Gasteiger partial charge in [0.1, 0.15) is 5.75 Å². The third-order valence-corrected chi connectivity index (χ3v) is 10.6. The first-order valence-electron chi connectivity index (χ1n) is 13.9. The summed E-state index contributed by atoms with van der Waals surface area (Å²) in [6.07, 6.45) is 10.5. The standard InChI is InChI=1S/C32H38N2O3/c1-31-19-17-24-22(13-16-28-32(24,2)20-18-29(35)34(28)3)23(31)14-15-25(31)30(36)33-26-11-7-8-12-27(26)37-21-9-5-4-6-10-21/h4-12,18,20,22-25,28H,13-17,19H2,1-3H3,(H,33,36)/t22-,23-,24-,25?,28?,31-,32+/m0/s1. The Morgan fingerprint density at radius 2 is 1.70 bits per heavy atom. The first kappa shape index (κ1) is 24.3. The molecule has 3 fully saturated rings. The lowest BCUT2D eigenvalue weighted by molar-refractivity contribution is -0.141. The number of nitrogens with zero attached hydrogens (tertiary/aromatic N) is 1. The van der Waals surface area contributed by atoms with Crippen LogP contribution in [-0.4, -0.2) is 29.8 Å². The molecule has 6 rings (SSSR count). The SMILES string of the molecule is CN1C(=O)C=C[C@@]2(C)C1CC[C@@H]1[C@@H]2CC[C@]2(C)C(C(=O)Nc3ccccc3Oc3ccccc3)CC[C@@H]12. The molecular weight excluding hydrogens is 460 g/mol. The maximum absolute atomic E-state index is 13.8. The molecular formula is C32H38N2O3. The highest BCUT2D eigenvalue weighted by Gasteiger charge is 2.61. The van der Waals surface area contributed by atoms with Crippen molar-refractivity contribution in [3.05, 3.63) is 66.7 Å². The monoisotopic (exact) mass is 498 g/mol. The number of carbonyl (C=O) groups is 2. The van der Waals surface area contributed by atoms with Crippen LogP contribution in [0.15, 0.2) is 66.7 Å². The van der Waals surface area contributed by atoms with Gasteiger partial charge in [0.15, 0.2) is 5.75 Å². The quantitative estimate of drug-likeness (QED) is 0.512. The van der Waals surface area contributed by atoms with Gasteiger partial charge in [-0.3, -0.25) is 9.59 Å². The van der Waals surface area contributed by atoms with Crippen molar-refractivity contribution < 1.29 is 14.3 Å². The maximum atomic E-state index is 13.8. The number of nitrogens with one attached hydrogen (secondary N) is 1. The van der Waals surface area contributed by atoms with Crippen LogP contribution in [0, 0.1) is 34.5 Å². The maximum Gasteiger partial charge on any atom is 0.246 e. The highest BCUT2D eigenvalue weighted by molar-refractivity contribution is 5.94. The third-order valence-electron chi connectivity index (χ3n) is 10.6. The highest BCUT2D eigenvalue weighted by atomic mass is 16.5. The summed E-state index contributed by atoms with van der Waals surface area (Å²) in [5.74, 6) is 3.40. The average molecular weight is 499 g/mol. The van der Waals surface area contributed by atoms with E-state index in [1.54, 1.807) is 6.08 Å². The highest BCUT2D eigenvalue weighted by Crippen LogP contribution is 2.65. The van der Waals surface area contributed by atoms with Crippen molar-refractivity contribution in [2.75, 3.05) is 12.4 Å². The lowest BCUT2D eigenvalue weighted by Crippen LogP contribution is -2.59. The fourth-order valence-corrected chi connectivity index (χ4v) is 8.66. The van der Waals surface area contributed by atoms with Crippen LogP contribution in [-0.2, 0) is 9.59 Å². The number of anilines is 1. The summed E-state index contributed by atoms with van der Waals surface area (Å²) in [6.45, 7) is 4.75. The average Bonchev–Trinajstić information content (AvgIpc) is 3.26. The van der Waals surface area contributed by atoms with Crippen LogP contribution in [0.4, 0.5) is 5.69 Å². The topological polar surface area (TPSA) is 58.6 Å². The molecule has 0 spiro atoms. The van der Waals surface area contributed by atoms with Gasteiger partial charge in [-0.15, -0.1) is 0 Å². The number of hydrogen-bond acceptors (Lipinski definition) is 3. The molecule has 4 aliphatic rings. The molecule has 37 heavy (non-hydrogen) atoms. The summed E-state index contributed by atoms with van der Waals surface area (Å²) in [6, 6.07) is 17.7. The fraction of sp³-hybridized carbons (Fsp3) is 0.500. The largest absolute Gasteiger partial charge is 0.455 e. The van der Waals surface area contributed by atoms with E-state index in [1.807, 2.05) is 66.5 Å². The molecule has 2 amide bonds. The summed E-state index contributed by atoms with van der Waals surface area (Å²) in [4.78, 5) is 28.1. The second kappa shape index (κ2) is 9.04. The predicted molar refractivity (Wildman–Crippen MR) is 145 cm³/mol. The Kier molecular flexibility index (Phi) is 5.93. The van der Waals surface area contributed by atoms with E-state index in [0.29, 0.717) is 23.5 Å². The molecule has 0 bridgehead atoms. The van der Waals surface area contributed by atoms with Crippen molar-refractivity contribution in [3.63, 3.8) is 0 Å². The molecule has 0 saturated heterocycles. The van der Waals surface area contributed by atoms with Gasteiger partial charge in [0.05, 0.1) is 5.69 Å². The molecule has 1 N–H and O–H groups in total. The van der Waals surface area contributed by atoms with Crippen LogP contribution in [0.5, 0.6) is 11.5 Å². The van der Waals surface area contributed by atoms with Gasteiger partial charge in [-0.1, -0.05) is 50.3 Å². The summed E-state index contributed by atoms with van der Waals surface area (Å²) in [7, 11) is 1.97. The zero-order valence-electron chi connectivity index (χ0n) is 22.2. The van der Waals surface area contributed by atoms with Gasteiger partial charge in [0.2, 0.25) is 11.8 Å². The van der Waals surface area contributed by atoms with Gasteiger partial charge in [-0.25, -0.2) is 0 Å². The molecule has 5 nitrogen and oxygen atoms in total. The Bertz CT molecular complexity index is 1230. The van der Waals surface area contributed by atoms with E-state index in [0.717, 1.165) is 50.0 Å². The van der Waals surface area contributed by atoms with Crippen LogP contribution in [0.2, 0.25) is 0 Å². The minimum absolute atomic E-state index is 0.0000830. The molecule has 1 aliphatic heterocycles. The van der Waals surface area contributed by atoms with E-state index in [1.165, 1.54) is 0 Å². The lowest BCUT2D eigenvalue weighted by atomic mass is 9.47. The summed E-state index contributed by atoms with van der Waals surface area (Å²) < 4.78 is 6.10. The van der Waals surface area contributed by atoms with Gasteiger partial charge in [-0.05, 0) is 92.0 Å². The van der Waals surface area contributed by atoms with Gasteiger partial charge in [0, 0.05) is 24.4 Å². The second-order valence-corrected chi connectivity index (χ2v) is 12.2. The van der Waals surface area contributed by atoms with Crippen molar-refractivity contribution in [1.82, 2.24) is 4.90 Å². The first-order valence-corrected chi connectivity index (χ1v) is 13.9. The fourth-order valence-electron chi connectivity index (χ4n) is 8.66. The van der Waals surface area contributed by atoms with Crippen LogP contribution in [0.25, 0.3) is 0 Å². The number of amides is 2. The van der Waals surface area contributed by atoms with Crippen molar-refractivity contribution in [2.45, 2.75) is 58.4 Å². The zero-order chi connectivity index (χ0) is 25.8. The molecule has 0 radical (unpaired) electrons. The van der Waals surface area contributed by atoms with Gasteiger partial charge >= 0.3 is 0 Å². The van der Waals surface area contributed by atoms with Gasteiger partial charge in [-0.2, -0.15) is 0 Å². The van der Waals surface area contributed by atoms with Crippen molar-refractivity contribution in [2.24, 2.45) is 34.5 Å². The number of hydrogen-bond donors (Lipinski definition) is 1. The Balaban J connectivity index is 1.21. The number of carbonyl (C=O) groups excluding carboxylic acids is 2. The molecule has 7 atom stereocenters. The number of benzene rings is 2. The number of ether oxygens (including phenoxy) is 1. The Morgan fingerprint density at radius 3 is 2.51 bits per heavy atom. The molecule has 1 heterocycles. The molecule has 2 aromatic carbocycles. The minimum atomic E-state index is -0.0000830. The lowest BCUT2D eigenvalue weighted by Gasteiger charge is -2.60. The predicted octanol–water partition coefficient (Wildman–Crippen LogP) is 6.67. The Morgan fingerprint density at radius 1 is 0.946 bits per heavy atom. The summed E-state index contributed by atoms with van der Waals surface area (Å²) in [5.41, 5.74) is 0.759. The normalized spacial score (nSPS) is 36.4. The molecule has 5 heteroatoms. The molecule has 0 aromatic heterocycles. The van der Waals surface area contributed by atoms with Crippen molar-refractivity contribution in [1.29, 1.82) is 0 Å². The molecule has 2 aromatic rings. The van der Waals surface area contributed by atoms with Crippen molar-refractivity contribution in [3.8, 4) is 11.5 Å². The first-order chi connectivity index (χ1) is 17.8. The molecule has 2 unspecified atom stereocenters. The smallest absolute Gasteiger partial charge is 0.246 e. The van der Waals surface area contributed by atoms with E-state index in [2.05, 4.69) is 25.2 Å². The molecule has 3 saturated carbocycles. The van der Waals surface area contributed by atoms with E-state index in [4.69, 9.17) is 4.74 Å². The van der Waals surface area contributed by atoms with E-state index < -0.39 is 0 Å². The van der Waals surface area contributed by atoms with Crippen LogP contribution < -0.4 is 10.1 Å². The van der Waals surface area contributed by atoms with E-state index >= 15 is 0 Å². The Labute approximate surface area is 220 Å². The van der Waals surface area contributed by atoms with Gasteiger partial charge < -0.3 is 15.0 Å². The number of fused-ring (bicyclic) bond motifs is 5. The summed E-state index contributed by atoms with van der Waals surface area (Å²) >= 11 is 0. The third kappa shape index (κ3) is 3.89. The molecule has 3 aliphatic carbocycles. The zero-order valence-corrected chi connectivity index (χ0v) is 22.2. The molecule has 194 valence electrons.